The third kappa shape index (κ3) is 5.04. The van der Waals surface area contributed by atoms with E-state index in [1.807, 2.05) is 66.4 Å². The number of nitrogens with zero attached hydrogens (tertiary/aromatic N) is 2. The van der Waals surface area contributed by atoms with E-state index in [9.17, 15) is 4.79 Å². The number of carbonyl (C=O) groups excluding carboxylic acids is 1. The van der Waals surface area contributed by atoms with Gasteiger partial charge in [-0.1, -0.05) is 30.3 Å². The molecule has 1 N–H and O–H groups in total. The van der Waals surface area contributed by atoms with E-state index in [0.29, 0.717) is 6.42 Å². The Balaban J connectivity index is 1.86. The number of benzene rings is 1. The summed E-state index contributed by atoms with van der Waals surface area (Å²) in [5.41, 5.74) is 4.52. The Kier molecular flexibility index (Phi) is 5.51. The smallest absolute Gasteiger partial charge is 0.245 e. The molecule has 108 valence electrons. The molecule has 0 radical (unpaired) electrons. The van der Waals surface area contributed by atoms with Gasteiger partial charge in [-0.05, 0) is 39.7 Å². The molecule has 21 heavy (non-hydrogen) atoms. The Hall–Kier alpha value is -2.14. The molecule has 1 aromatic carbocycles. The van der Waals surface area contributed by atoms with Gasteiger partial charge in [0.2, 0.25) is 5.91 Å². The molecule has 0 aliphatic heterocycles. The first-order chi connectivity index (χ1) is 10.1. The van der Waals surface area contributed by atoms with Gasteiger partial charge in [-0.15, -0.1) is 0 Å². The fourth-order valence-corrected chi connectivity index (χ4v) is 2.16. The first kappa shape index (κ1) is 15.3. The maximum Gasteiger partial charge on any atom is 0.245 e. The number of amides is 1. The van der Waals surface area contributed by atoms with Gasteiger partial charge in [-0.2, -0.15) is 5.10 Å². The number of halogens is 1. The average Bonchev–Trinajstić information content (AvgIpc) is 2.85. The number of carbonyl (C=O) groups is 1. The number of allylic oxidation sites excluding steroid dienone is 1. The van der Waals surface area contributed by atoms with Crippen LogP contribution in [0.3, 0.4) is 0 Å². The summed E-state index contributed by atoms with van der Waals surface area (Å²) in [6, 6.07) is 13.7. The molecule has 4 nitrogen and oxygen atoms in total. The van der Waals surface area contributed by atoms with Crippen molar-refractivity contribution in [3.8, 4) is 0 Å². The minimum absolute atomic E-state index is 0.145. The van der Waals surface area contributed by atoms with Gasteiger partial charge in [0.25, 0.3) is 0 Å². The van der Waals surface area contributed by atoms with Crippen molar-refractivity contribution in [1.29, 1.82) is 0 Å². The first-order valence-corrected chi connectivity index (χ1v) is 7.29. The number of hydrogen-bond donors (Lipinski definition) is 1. The predicted octanol–water partition coefficient (Wildman–Crippen LogP) is 3.11. The van der Waals surface area contributed by atoms with Crippen LogP contribution < -0.4 is 5.43 Å². The van der Waals surface area contributed by atoms with Crippen LogP contribution in [0, 0.1) is 0 Å². The van der Waals surface area contributed by atoms with Crippen molar-refractivity contribution in [2.24, 2.45) is 12.1 Å². The van der Waals surface area contributed by atoms with Gasteiger partial charge >= 0.3 is 0 Å². The van der Waals surface area contributed by atoms with Gasteiger partial charge in [0.15, 0.2) is 0 Å². The molecule has 0 atom stereocenters. The summed E-state index contributed by atoms with van der Waals surface area (Å²) in [6.45, 7) is 0. The van der Waals surface area contributed by atoms with Crippen LogP contribution in [0.4, 0.5) is 0 Å². The lowest BCUT2D eigenvalue weighted by Crippen LogP contribution is -2.20. The molecule has 1 aromatic heterocycles. The average molecular weight is 346 g/mol. The van der Waals surface area contributed by atoms with E-state index in [0.717, 1.165) is 15.7 Å². The third-order valence-corrected chi connectivity index (χ3v) is 3.31. The quantitative estimate of drug-likeness (QED) is 0.656. The summed E-state index contributed by atoms with van der Waals surface area (Å²) in [5.74, 6) is -0.145. The van der Waals surface area contributed by atoms with Crippen LogP contribution in [0.15, 0.2) is 58.2 Å². The highest BCUT2D eigenvalue weighted by Gasteiger charge is 2.04. The largest absolute Gasteiger partial charge is 0.354 e. The van der Waals surface area contributed by atoms with Gasteiger partial charge < -0.3 is 4.57 Å². The number of aryl methyl sites for hydroxylation is 1. The van der Waals surface area contributed by atoms with Gasteiger partial charge in [-0.3, -0.25) is 4.79 Å². The maximum absolute atomic E-state index is 11.7. The summed E-state index contributed by atoms with van der Waals surface area (Å²) in [5, 5.41) is 3.93. The Morgan fingerprint density at radius 1 is 1.29 bits per heavy atom. The highest BCUT2D eigenvalue weighted by Crippen LogP contribution is 2.09. The predicted molar refractivity (Wildman–Crippen MR) is 89.1 cm³/mol. The topological polar surface area (TPSA) is 46.4 Å². The molecule has 1 amide bonds. The summed E-state index contributed by atoms with van der Waals surface area (Å²) in [7, 11) is 1.91. The Morgan fingerprint density at radius 3 is 2.71 bits per heavy atom. The van der Waals surface area contributed by atoms with Crippen LogP contribution in [0.1, 0.15) is 11.3 Å². The third-order valence-electron chi connectivity index (χ3n) is 2.87. The fraction of sp³-hybridized carbons (Fsp3) is 0.125. The Morgan fingerprint density at radius 2 is 2.05 bits per heavy atom. The van der Waals surface area contributed by atoms with Crippen molar-refractivity contribution in [2.75, 3.05) is 0 Å². The second kappa shape index (κ2) is 7.59. The van der Waals surface area contributed by atoms with Crippen molar-refractivity contribution in [3.63, 3.8) is 0 Å². The summed E-state index contributed by atoms with van der Waals surface area (Å²) in [6.07, 6.45) is 5.70. The van der Waals surface area contributed by atoms with Gasteiger partial charge in [0, 0.05) is 23.4 Å². The minimum Gasteiger partial charge on any atom is -0.354 e. The monoisotopic (exact) mass is 345 g/mol. The molecule has 0 saturated carbocycles. The molecular weight excluding hydrogens is 330 g/mol. The lowest BCUT2D eigenvalue weighted by atomic mass is 10.2. The highest BCUT2D eigenvalue weighted by molar-refractivity contribution is 9.12. The normalized spacial score (nSPS) is 11.8. The van der Waals surface area contributed by atoms with E-state index in [1.54, 1.807) is 6.21 Å². The van der Waals surface area contributed by atoms with E-state index in [-0.39, 0.29) is 5.91 Å². The highest BCUT2D eigenvalue weighted by atomic mass is 79.9. The maximum atomic E-state index is 11.7. The molecule has 1 heterocycles. The molecule has 0 aliphatic rings. The van der Waals surface area contributed by atoms with Crippen molar-refractivity contribution in [2.45, 2.75) is 6.42 Å². The number of hydrazone groups is 1. The molecular formula is C16H16BrN3O. The zero-order valence-electron chi connectivity index (χ0n) is 11.7. The summed E-state index contributed by atoms with van der Waals surface area (Å²) >= 11 is 3.39. The molecule has 0 bridgehead atoms. The zero-order valence-corrected chi connectivity index (χ0v) is 13.2. The van der Waals surface area contributed by atoms with Crippen LogP contribution in [-0.4, -0.2) is 16.7 Å². The standard InChI is InChI=1S/C16H16BrN3O/c1-20-9-5-8-15(20)11-16(21)19-18-12-14(17)10-13-6-3-2-4-7-13/h2-10,12H,11H2,1H3,(H,19,21)/b14-10-,18-12+. The molecule has 2 aromatic rings. The zero-order chi connectivity index (χ0) is 15.1. The van der Waals surface area contributed by atoms with E-state index in [4.69, 9.17) is 0 Å². The lowest BCUT2D eigenvalue weighted by molar-refractivity contribution is -0.120. The molecule has 0 unspecified atom stereocenters. The molecule has 0 aliphatic carbocycles. The van der Waals surface area contributed by atoms with Crippen molar-refractivity contribution in [1.82, 2.24) is 9.99 Å². The first-order valence-electron chi connectivity index (χ1n) is 6.49. The van der Waals surface area contributed by atoms with Crippen LogP contribution in [0.25, 0.3) is 6.08 Å². The molecule has 5 heteroatoms. The van der Waals surface area contributed by atoms with E-state index in [1.165, 1.54) is 0 Å². The SMILES string of the molecule is Cn1cccc1CC(=O)N/N=C/C(Br)=C/c1ccccc1. The number of rotatable bonds is 5. The second-order valence-corrected chi connectivity index (χ2v) is 5.44. The molecule has 0 spiro atoms. The van der Waals surface area contributed by atoms with Crippen molar-refractivity contribution in [3.05, 3.63) is 64.4 Å². The lowest BCUT2D eigenvalue weighted by Gasteiger charge is -2.01. The molecule has 0 saturated heterocycles. The molecule has 0 fully saturated rings. The van der Waals surface area contributed by atoms with Crippen LogP contribution in [0.2, 0.25) is 0 Å². The van der Waals surface area contributed by atoms with E-state index >= 15 is 0 Å². The summed E-state index contributed by atoms with van der Waals surface area (Å²) < 4.78 is 2.70. The van der Waals surface area contributed by atoms with Crippen molar-refractivity contribution >= 4 is 34.1 Å². The van der Waals surface area contributed by atoms with Gasteiger partial charge in [0.1, 0.15) is 0 Å². The van der Waals surface area contributed by atoms with E-state index < -0.39 is 0 Å². The van der Waals surface area contributed by atoms with Gasteiger partial charge in [0.05, 0.1) is 12.6 Å². The van der Waals surface area contributed by atoms with Crippen LogP contribution in [0.5, 0.6) is 0 Å². The van der Waals surface area contributed by atoms with Crippen molar-refractivity contribution < 1.29 is 4.79 Å². The second-order valence-electron chi connectivity index (χ2n) is 4.52. The molecule has 2 rings (SSSR count). The Bertz CT molecular complexity index is 659. The van der Waals surface area contributed by atoms with Gasteiger partial charge in [-0.25, -0.2) is 5.43 Å². The minimum atomic E-state index is -0.145. The summed E-state index contributed by atoms with van der Waals surface area (Å²) in [4.78, 5) is 11.7. The number of hydrogen-bond acceptors (Lipinski definition) is 2. The number of aromatic nitrogens is 1. The fourth-order valence-electron chi connectivity index (χ4n) is 1.80. The van der Waals surface area contributed by atoms with E-state index in [2.05, 4.69) is 26.5 Å². The van der Waals surface area contributed by atoms with Crippen LogP contribution in [-0.2, 0) is 18.3 Å². The Labute approximate surface area is 132 Å². The number of nitrogens with one attached hydrogen (secondary N) is 1. The van der Waals surface area contributed by atoms with Crippen LogP contribution >= 0.6 is 15.9 Å².